The van der Waals surface area contributed by atoms with E-state index in [0.29, 0.717) is 29.2 Å². The fourth-order valence-electron chi connectivity index (χ4n) is 1.74. The van der Waals surface area contributed by atoms with Crippen LogP contribution in [0.4, 0.5) is 0 Å². The van der Waals surface area contributed by atoms with Crippen LogP contribution in [-0.2, 0) is 9.53 Å². The lowest BCUT2D eigenvalue weighted by Gasteiger charge is -2.03. The van der Waals surface area contributed by atoms with Gasteiger partial charge in [-0.15, -0.1) is 0 Å². The third-order valence-electron chi connectivity index (χ3n) is 2.56. The maximum Gasteiger partial charge on any atom is 0.332 e. The fraction of sp³-hybridized carbons (Fsp3) is 0.231. The lowest BCUT2D eigenvalue weighted by Crippen LogP contribution is -2.13. The minimum absolute atomic E-state index is 0.233. The first-order chi connectivity index (χ1) is 8.65. The standard InChI is InChI=1S/C13H13NO4/c1-3-18-12(15)7-11-10-6-8(17-2)4-5-9(10)13(16)14-11/h4-7H,3H2,1-2H3,(H,14,16)/b11-7+. The third kappa shape index (κ3) is 2.20. The van der Waals surface area contributed by atoms with Crippen molar-refractivity contribution in [2.45, 2.75) is 6.92 Å². The Morgan fingerprint density at radius 1 is 1.39 bits per heavy atom. The van der Waals surface area contributed by atoms with Gasteiger partial charge in [-0.3, -0.25) is 4.79 Å². The minimum Gasteiger partial charge on any atom is -0.497 e. The molecule has 5 heteroatoms. The van der Waals surface area contributed by atoms with Gasteiger partial charge in [-0.1, -0.05) is 0 Å². The van der Waals surface area contributed by atoms with Crippen molar-refractivity contribution in [2.24, 2.45) is 0 Å². The van der Waals surface area contributed by atoms with E-state index >= 15 is 0 Å². The number of fused-ring (bicyclic) bond motifs is 1. The monoisotopic (exact) mass is 247 g/mol. The smallest absolute Gasteiger partial charge is 0.332 e. The summed E-state index contributed by atoms with van der Waals surface area (Å²) in [7, 11) is 1.54. The predicted molar refractivity (Wildman–Crippen MR) is 65.1 cm³/mol. The Morgan fingerprint density at radius 3 is 2.83 bits per heavy atom. The molecule has 1 aliphatic heterocycles. The van der Waals surface area contributed by atoms with Crippen molar-refractivity contribution >= 4 is 17.6 Å². The number of nitrogens with one attached hydrogen (secondary N) is 1. The number of benzene rings is 1. The van der Waals surface area contributed by atoms with Crippen LogP contribution in [0.25, 0.3) is 5.70 Å². The van der Waals surface area contributed by atoms with Gasteiger partial charge in [0.05, 0.1) is 19.4 Å². The first-order valence-corrected chi connectivity index (χ1v) is 5.54. The SMILES string of the molecule is CCOC(=O)/C=C1/NC(=O)c2ccc(OC)cc21. The van der Waals surface area contributed by atoms with Crippen LogP contribution < -0.4 is 10.1 Å². The molecular weight excluding hydrogens is 234 g/mol. The molecule has 5 nitrogen and oxygen atoms in total. The van der Waals surface area contributed by atoms with Crippen LogP contribution in [0, 0.1) is 0 Å². The van der Waals surface area contributed by atoms with Gasteiger partial charge in [0.15, 0.2) is 0 Å². The summed E-state index contributed by atoms with van der Waals surface area (Å²) in [5.74, 6) is -0.0910. The second-order valence-corrected chi connectivity index (χ2v) is 3.68. The molecule has 1 amide bonds. The maximum atomic E-state index is 11.7. The first-order valence-electron chi connectivity index (χ1n) is 5.54. The van der Waals surface area contributed by atoms with Gasteiger partial charge < -0.3 is 14.8 Å². The van der Waals surface area contributed by atoms with Crippen molar-refractivity contribution in [3.63, 3.8) is 0 Å². The normalized spacial score (nSPS) is 15.2. The third-order valence-corrected chi connectivity index (χ3v) is 2.56. The molecule has 2 rings (SSSR count). The number of rotatable bonds is 3. The van der Waals surface area contributed by atoms with Crippen molar-refractivity contribution < 1.29 is 19.1 Å². The van der Waals surface area contributed by atoms with E-state index in [0.717, 1.165) is 0 Å². The van der Waals surface area contributed by atoms with Crippen molar-refractivity contribution in [3.05, 3.63) is 35.4 Å². The predicted octanol–water partition coefficient (Wildman–Crippen LogP) is 1.34. The fourth-order valence-corrected chi connectivity index (χ4v) is 1.74. The highest BCUT2D eigenvalue weighted by Gasteiger charge is 2.24. The molecular formula is C13H13NO4. The summed E-state index contributed by atoms with van der Waals surface area (Å²) < 4.78 is 9.91. The van der Waals surface area contributed by atoms with Crippen molar-refractivity contribution in [1.82, 2.24) is 5.32 Å². The highest BCUT2D eigenvalue weighted by Crippen LogP contribution is 2.28. The quantitative estimate of drug-likeness (QED) is 0.646. The molecule has 0 atom stereocenters. The first kappa shape index (κ1) is 12.2. The molecule has 0 saturated carbocycles. The number of carbonyl (C=O) groups excluding carboxylic acids is 2. The molecule has 0 spiro atoms. The molecule has 0 bridgehead atoms. The van der Waals surface area contributed by atoms with Gasteiger partial charge >= 0.3 is 5.97 Å². The zero-order chi connectivity index (χ0) is 13.1. The van der Waals surface area contributed by atoms with Gasteiger partial charge in [-0.05, 0) is 25.1 Å². The van der Waals surface area contributed by atoms with Gasteiger partial charge in [-0.25, -0.2) is 4.79 Å². The number of amides is 1. The van der Waals surface area contributed by atoms with Crippen molar-refractivity contribution in [3.8, 4) is 5.75 Å². The molecule has 1 N–H and O–H groups in total. The van der Waals surface area contributed by atoms with Gasteiger partial charge in [0.2, 0.25) is 0 Å². The molecule has 0 aromatic heterocycles. The number of ether oxygens (including phenoxy) is 2. The Balaban J connectivity index is 2.39. The molecule has 18 heavy (non-hydrogen) atoms. The summed E-state index contributed by atoms with van der Waals surface area (Å²) in [6.45, 7) is 2.02. The summed E-state index contributed by atoms with van der Waals surface area (Å²) >= 11 is 0. The average Bonchev–Trinajstić information content (AvgIpc) is 2.66. The van der Waals surface area contributed by atoms with E-state index in [1.54, 1.807) is 32.2 Å². The Hall–Kier alpha value is -2.30. The molecule has 0 saturated heterocycles. The molecule has 1 heterocycles. The number of hydrogen-bond donors (Lipinski definition) is 1. The number of esters is 1. The number of carbonyl (C=O) groups is 2. The lowest BCUT2D eigenvalue weighted by atomic mass is 10.1. The van der Waals surface area contributed by atoms with Gasteiger partial charge in [-0.2, -0.15) is 0 Å². The summed E-state index contributed by atoms with van der Waals surface area (Å²) in [6, 6.07) is 5.07. The maximum absolute atomic E-state index is 11.7. The highest BCUT2D eigenvalue weighted by molar-refractivity contribution is 6.11. The van der Waals surface area contributed by atoms with Crippen LogP contribution in [0.1, 0.15) is 22.8 Å². The van der Waals surface area contributed by atoms with E-state index < -0.39 is 5.97 Å². The zero-order valence-electron chi connectivity index (χ0n) is 10.1. The van der Waals surface area contributed by atoms with Crippen LogP contribution >= 0.6 is 0 Å². The molecule has 0 radical (unpaired) electrons. The summed E-state index contributed by atoms with van der Waals surface area (Å²) in [6.07, 6.45) is 1.27. The summed E-state index contributed by atoms with van der Waals surface area (Å²) in [5.41, 5.74) is 1.60. The molecule has 0 fully saturated rings. The molecule has 0 unspecified atom stereocenters. The molecule has 1 aromatic rings. The second kappa shape index (κ2) is 4.91. The van der Waals surface area contributed by atoms with Gasteiger partial charge in [0.1, 0.15) is 5.75 Å². The lowest BCUT2D eigenvalue weighted by molar-refractivity contribution is -0.137. The molecule has 94 valence electrons. The van der Waals surface area contributed by atoms with Crippen LogP contribution in [-0.4, -0.2) is 25.6 Å². The second-order valence-electron chi connectivity index (χ2n) is 3.68. The number of methoxy groups -OCH3 is 1. The average molecular weight is 247 g/mol. The Kier molecular flexibility index (Phi) is 3.32. The largest absolute Gasteiger partial charge is 0.497 e. The Bertz CT molecular complexity index is 534. The van der Waals surface area contributed by atoms with Gasteiger partial charge in [0, 0.05) is 17.2 Å². The van der Waals surface area contributed by atoms with Crippen LogP contribution in [0.15, 0.2) is 24.3 Å². The molecule has 0 aliphatic carbocycles. The Morgan fingerprint density at radius 2 is 2.17 bits per heavy atom. The van der Waals surface area contributed by atoms with Crippen molar-refractivity contribution in [1.29, 1.82) is 0 Å². The summed E-state index contributed by atoms with van der Waals surface area (Å²) in [4.78, 5) is 23.1. The summed E-state index contributed by atoms with van der Waals surface area (Å²) in [5, 5.41) is 2.63. The van der Waals surface area contributed by atoms with E-state index in [-0.39, 0.29) is 5.91 Å². The van der Waals surface area contributed by atoms with E-state index in [1.807, 2.05) is 0 Å². The van der Waals surface area contributed by atoms with Crippen LogP contribution in [0.3, 0.4) is 0 Å². The number of hydrogen-bond acceptors (Lipinski definition) is 4. The van der Waals surface area contributed by atoms with E-state index in [4.69, 9.17) is 9.47 Å². The van der Waals surface area contributed by atoms with E-state index in [2.05, 4.69) is 5.32 Å². The van der Waals surface area contributed by atoms with Gasteiger partial charge in [0.25, 0.3) is 5.91 Å². The topological polar surface area (TPSA) is 64.6 Å². The van der Waals surface area contributed by atoms with Crippen molar-refractivity contribution in [2.75, 3.05) is 13.7 Å². The highest BCUT2D eigenvalue weighted by atomic mass is 16.5. The van der Waals surface area contributed by atoms with E-state index in [1.165, 1.54) is 6.08 Å². The zero-order valence-corrected chi connectivity index (χ0v) is 10.1. The van der Waals surface area contributed by atoms with Crippen LogP contribution in [0.2, 0.25) is 0 Å². The van der Waals surface area contributed by atoms with Crippen LogP contribution in [0.5, 0.6) is 5.75 Å². The Labute approximate surface area is 104 Å². The molecule has 1 aromatic carbocycles. The minimum atomic E-state index is -0.483. The molecule has 1 aliphatic rings. The van der Waals surface area contributed by atoms with E-state index in [9.17, 15) is 9.59 Å².